The number of nitrogens with two attached hydrogens (primary N) is 1. The van der Waals surface area contributed by atoms with Crippen LogP contribution in [0.1, 0.15) is 34.3 Å². The summed E-state index contributed by atoms with van der Waals surface area (Å²) in [7, 11) is -2.80. The number of carbonyl (C=O) groups excluding carboxylic acids is 1. The van der Waals surface area contributed by atoms with Crippen molar-refractivity contribution in [2.75, 3.05) is 17.1 Å². The Morgan fingerprint density at radius 2 is 1.42 bits per heavy atom. The summed E-state index contributed by atoms with van der Waals surface area (Å²) in [5.41, 5.74) is 7.69. The number of amides is 1. The first-order valence-electron chi connectivity index (χ1n) is 15.3. The zero-order valence-corrected chi connectivity index (χ0v) is 27.7. The van der Waals surface area contributed by atoms with E-state index in [-0.39, 0.29) is 40.1 Å². The average molecular weight is 694 g/mol. The second-order valence-electron chi connectivity index (χ2n) is 11.0. The van der Waals surface area contributed by atoms with E-state index in [0.29, 0.717) is 16.8 Å². The highest BCUT2D eigenvalue weighted by molar-refractivity contribution is 7.92. The van der Waals surface area contributed by atoms with Crippen LogP contribution < -0.4 is 30.6 Å². The molecule has 2 atom stereocenters. The van der Waals surface area contributed by atoms with Gasteiger partial charge in [0.15, 0.2) is 17.5 Å². The van der Waals surface area contributed by atoms with Gasteiger partial charge in [-0.05, 0) is 53.6 Å². The Bertz CT molecular complexity index is 2060. The van der Waals surface area contributed by atoms with Gasteiger partial charge < -0.3 is 30.9 Å². The number of carboxylic acids is 1. The number of nitrogens with one attached hydrogen (secondary N) is 4. The van der Waals surface area contributed by atoms with E-state index < -0.39 is 34.0 Å². The zero-order valence-electron chi connectivity index (χ0n) is 26.9. The van der Waals surface area contributed by atoms with E-state index in [1.807, 2.05) is 30.3 Å². The second-order valence-corrected chi connectivity index (χ2v) is 12.7. The number of sulfonamides is 1. The van der Waals surface area contributed by atoms with E-state index in [1.54, 1.807) is 72.8 Å². The SMILES string of the molecule is COc1cc(C(Nc2ccc(C(=N)N)cc2)C(=O)NC(C(=O)O)c2ccccc2)c(NS(=O)(=O)c2ccccc2)cc1OCc1ccccc1. The van der Waals surface area contributed by atoms with Crippen LogP contribution >= 0.6 is 0 Å². The molecule has 0 spiro atoms. The molecule has 2 unspecified atom stereocenters. The summed E-state index contributed by atoms with van der Waals surface area (Å²) in [5.74, 6) is -1.89. The number of carboxylic acid groups (broad SMARTS) is 1. The summed E-state index contributed by atoms with van der Waals surface area (Å²) in [4.78, 5) is 26.6. The first-order chi connectivity index (χ1) is 24.1. The van der Waals surface area contributed by atoms with Gasteiger partial charge in [0.25, 0.3) is 10.0 Å². The van der Waals surface area contributed by atoms with Crippen LogP contribution in [-0.4, -0.2) is 38.3 Å². The molecule has 0 aliphatic heterocycles. The Morgan fingerprint density at radius 1 is 0.820 bits per heavy atom. The number of hydrogen-bond donors (Lipinski definition) is 6. The molecule has 0 heterocycles. The Balaban J connectivity index is 1.64. The summed E-state index contributed by atoms with van der Waals surface area (Å²) in [5, 5.41) is 23.5. The number of rotatable bonds is 15. The van der Waals surface area contributed by atoms with E-state index in [1.165, 1.54) is 31.4 Å². The molecule has 1 amide bonds. The van der Waals surface area contributed by atoms with Gasteiger partial charge in [-0.25, -0.2) is 13.2 Å². The van der Waals surface area contributed by atoms with Gasteiger partial charge >= 0.3 is 5.97 Å². The molecule has 0 aromatic heterocycles. The Kier molecular flexibility index (Phi) is 11.0. The van der Waals surface area contributed by atoms with Crippen LogP contribution in [0, 0.1) is 5.41 Å². The maximum Gasteiger partial charge on any atom is 0.330 e. The molecule has 7 N–H and O–H groups in total. The summed E-state index contributed by atoms with van der Waals surface area (Å²) in [6, 6.07) is 31.6. The van der Waals surface area contributed by atoms with Crippen LogP contribution in [-0.2, 0) is 26.2 Å². The molecule has 0 radical (unpaired) electrons. The molecule has 12 nitrogen and oxygen atoms in total. The largest absolute Gasteiger partial charge is 0.493 e. The summed E-state index contributed by atoms with van der Waals surface area (Å²) in [6.07, 6.45) is 0. The number of carbonyl (C=O) groups is 2. The van der Waals surface area contributed by atoms with Gasteiger partial charge in [0.1, 0.15) is 18.5 Å². The Labute approximate surface area is 289 Å². The van der Waals surface area contributed by atoms with Crippen LogP contribution in [0.5, 0.6) is 11.5 Å². The third-order valence-electron chi connectivity index (χ3n) is 7.62. The lowest BCUT2D eigenvalue weighted by atomic mass is 10.0. The van der Waals surface area contributed by atoms with Crippen molar-refractivity contribution in [3.63, 3.8) is 0 Å². The number of anilines is 2. The number of ether oxygens (including phenoxy) is 2. The number of hydrogen-bond acceptors (Lipinski definition) is 8. The maximum atomic E-state index is 14.3. The maximum absolute atomic E-state index is 14.3. The molecule has 0 fully saturated rings. The van der Waals surface area contributed by atoms with Gasteiger partial charge in [-0.1, -0.05) is 78.9 Å². The zero-order chi connectivity index (χ0) is 35.7. The van der Waals surface area contributed by atoms with E-state index >= 15 is 0 Å². The molecule has 0 saturated carbocycles. The summed E-state index contributed by atoms with van der Waals surface area (Å²) < 4.78 is 41.7. The lowest BCUT2D eigenvalue weighted by molar-refractivity contribution is -0.142. The van der Waals surface area contributed by atoms with Crippen molar-refractivity contribution in [1.82, 2.24) is 5.32 Å². The van der Waals surface area contributed by atoms with Crippen molar-refractivity contribution in [1.29, 1.82) is 5.41 Å². The molecule has 13 heteroatoms. The quantitative estimate of drug-likeness (QED) is 0.0611. The molecular weight excluding hydrogens is 659 g/mol. The predicted octanol–water partition coefficient (Wildman–Crippen LogP) is 5.45. The van der Waals surface area contributed by atoms with Gasteiger partial charge in [0.05, 0.1) is 17.7 Å². The third kappa shape index (κ3) is 8.57. The van der Waals surface area contributed by atoms with Crippen molar-refractivity contribution in [3.8, 4) is 11.5 Å². The second kappa shape index (κ2) is 15.7. The first-order valence-corrected chi connectivity index (χ1v) is 16.8. The fourth-order valence-corrected chi connectivity index (χ4v) is 6.17. The van der Waals surface area contributed by atoms with Crippen LogP contribution in [0.15, 0.2) is 132 Å². The fraction of sp³-hybridized carbons (Fsp3) is 0.108. The van der Waals surface area contributed by atoms with Gasteiger partial charge in [-0.3, -0.25) is 14.9 Å². The van der Waals surface area contributed by atoms with Crippen molar-refractivity contribution in [2.24, 2.45) is 5.73 Å². The Morgan fingerprint density at radius 3 is 2.00 bits per heavy atom. The highest BCUT2D eigenvalue weighted by atomic mass is 32.2. The molecule has 0 aliphatic rings. The summed E-state index contributed by atoms with van der Waals surface area (Å²) >= 11 is 0. The minimum Gasteiger partial charge on any atom is -0.493 e. The number of nitrogen functional groups attached to an aromatic ring is 1. The molecule has 256 valence electrons. The van der Waals surface area contributed by atoms with Crippen LogP contribution in [0.3, 0.4) is 0 Å². The molecule has 0 saturated heterocycles. The third-order valence-corrected chi connectivity index (χ3v) is 9.00. The first kappa shape index (κ1) is 35.0. The van der Waals surface area contributed by atoms with Gasteiger partial charge in [-0.2, -0.15) is 0 Å². The standard InChI is InChI=1S/C37H35N5O7S/c1-48-31-21-29(30(42-50(46,47)28-15-9-4-10-16-28)22-32(31)49-23-24-11-5-2-6-12-24)34(40-27-19-17-26(18-20-27)35(38)39)36(43)41-33(37(44)45)25-13-7-3-8-14-25/h2-22,33-34,40,42H,23H2,1H3,(H3,38,39)(H,41,43)(H,44,45). The molecule has 5 aromatic rings. The van der Waals surface area contributed by atoms with Crippen molar-refractivity contribution in [2.45, 2.75) is 23.6 Å². The number of aliphatic carboxylic acids is 1. The topological polar surface area (TPSA) is 193 Å². The monoisotopic (exact) mass is 693 g/mol. The predicted molar refractivity (Wildman–Crippen MR) is 190 cm³/mol. The van der Waals surface area contributed by atoms with Crippen molar-refractivity contribution in [3.05, 3.63) is 150 Å². The summed E-state index contributed by atoms with van der Waals surface area (Å²) in [6.45, 7) is 0.128. The molecule has 5 rings (SSSR count). The van der Waals surface area contributed by atoms with Crippen LogP contribution in [0.4, 0.5) is 11.4 Å². The van der Waals surface area contributed by atoms with Crippen LogP contribution in [0.25, 0.3) is 0 Å². The Hall–Kier alpha value is -6.34. The molecule has 0 aliphatic carbocycles. The molecule has 50 heavy (non-hydrogen) atoms. The van der Waals surface area contributed by atoms with E-state index in [0.717, 1.165) is 5.56 Å². The number of benzene rings is 5. The van der Waals surface area contributed by atoms with E-state index in [2.05, 4.69) is 15.4 Å². The number of amidine groups is 1. The van der Waals surface area contributed by atoms with E-state index in [4.69, 9.17) is 20.6 Å². The lowest BCUT2D eigenvalue weighted by Gasteiger charge is -2.26. The van der Waals surface area contributed by atoms with Crippen LogP contribution in [0.2, 0.25) is 0 Å². The molecule has 5 aromatic carbocycles. The van der Waals surface area contributed by atoms with E-state index in [9.17, 15) is 23.1 Å². The number of methoxy groups -OCH3 is 1. The fourth-order valence-electron chi connectivity index (χ4n) is 5.07. The normalized spacial score (nSPS) is 12.2. The lowest BCUT2D eigenvalue weighted by Crippen LogP contribution is -2.39. The minimum atomic E-state index is -4.20. The highest BCUT2D eigenvalue weighted by Crippen LogP contribution is 2.39. The molecular formula is C37H35N5O7S. The van der Waals surface area contributed by atoms with Crippen molar-refractivity contribution >= 4 is 39.1 Å². The smallest absolute Gasteiger partial charge is 0.330 e. The molecule has 0 bridgehead atoms. The van der Waals surface area contributed by atoms with Gasteiger partial charge in [0, 0.05) is 22.9 Å². The average Bonchev–Trinajstić information content (AvgIpc) is 3.13. The van der Waals surface area contributed by atoms with Gasteiger partial charge in [-0.15, -0.1) is 0 Å². The highest BCUT2D eigenvalue weighted by Gasteiger charge is 2.32. The van der Waals surface area contributed by atoms with Crippen molar-refractivity contribution < 1.29 is 32.6 Å². The van der Waals surface area contributed by atoms with Gasteiger partial charge in [0.2, 0.25) is 5.91 Å². The minimum absolute atomic E-state index is 0.0303.